The highest BCUT2D eigenvalue weighted by molar-refractivity contribution is 7.89. The van der Waals surface area contributed by atoms with Gasteiger partial charge in [0.15, 0.2) is 5.76 Å². The Balaban J connectivity index is 1.67. The summed E-state index contributed by atoms with van der Waals surface area (Å²) in [6.45, 7) is 5.26. The number of rotatable bonds is 5. The summed E-state index contributed by atoms with van der Waals surface area (Å²) in [5.74, 6) is -0.420. The van der Waals surface area contributed by atoms with E-state index in [4.69, 9.17) is 4.52 Å². The monoisotopic (exact) mass is 422 g/mol. The van der Waals surface area contributed by atoms with Gasteiger partial charge in [-0.05, 0) is 39.2 Å². The number of carbonyl (C=O) groups is 1. The second kappa shape index (κ2) is 7.91. The number of hydrogen-bond donors (Lipinski definition) is 1. The van der Waals surface area contributed by atoms with Gasteiger partial charge in [0.1, 0.15) is 10.6 Å². The van der Waals surface area contributed by atoms with Crippen LogP contribution in [0.5, 0.6) is 0 Å². The van der Waals surface area contributed by atoms with Gasteiger partial charge in [-0.15, -0.1) is 0 Å². The standard InChI is InChI=1S/C18H22N4O6S/c1-11-4-5-15(22(24)25)10-16(11)19-18(23)14-6-8-21(9-7-14)29(26,27)17-12(2)20-28-13(17)3/h4-5,10,14H,6-9H2,1-3H3,(H,19,23). The fraction of sp³-hybridized carbons (Fsp3) is 0.444. The van der Waals surface area contributed by atoms with Gasteiger partial charge in [0.05, 0.1) is 10.6 Å². The quantitative estimate of drug-likeness (QED) is 0.577. The van der Waals surface area contributed by atoms with Crippen molar-refractivity contribution in [1.29, 1.82) is 0 Å². The normalized spacial score (nSPS) is 16.0. The van der Waals surface area contributed by atoms with Crippen molar-refractivity contribution < 1.29 is 22.7 Å². The van der Waals surface area contributed by atoms with Gasteiger partial charge in [-0.3, -0.25) is 14.9 Å². The van der Waals surface area contributed by atoms with Gasteiger partial charge in [0.2, 0.25) is 15.9 Å². The molecule has 29 heavy (non-hydrogen) atoms. The van der Waals surface area contributed by atoms with Crippen molar-refractivity contribution in [2.75, 3.05) is 18.4 Å². The van der Waals surface area contributed by atoms with Crippen molar-refractivity contribution in [2.45, 2.75) is 38.5 Å². The Kier molecular flexibility index (Phi) is 5.71. The summed E-state index contributed by atoms with van der Waals surface area (Å²) in [5, 5.41) is 17.4. The fourth-order valence-electron chi connectivity index (χ4n) is 3.42. The summed E-state index contributed by atoms with van der Waals surface area (Å²) in [4.78, 5) is 23.1. The first kappa shape index (κ1) is 20.9. The average molecular weight is 422 g/mol. The SMILES string of the molecule is Cc1ccc([N+](=O)[O-])cc1NC(=O)C1CCN(S(=O)(=O)c2c(C)noc2C)CC1. The van der Waals surface area contributed by atoms with Crippen LogP contribution in [0.3, 0.4) is 0 Å². The fourth-order valence-corrected chi connectivity index (χ4v) is 5.18. The Morgan fingerprint density at radius 2 is 1.93 bits per heavy atom. The van der Waals surface area contributed by atoms with Gasteiger partial charge in [0.25, 0.3) is 5.69 Å². The van der Waals surface area contributed by atoms with E-state index in [0.29, 0.717) is 29.8 Å². The number of nitro groups is 1. The predicted molar refractivity (Wildman–Crippen MR) is 104 cm³/mol. The number of benzene rings is 1. The highest BCUT2D eigenvalue weighted by atomic mass is 32.2. The van der Waals surface area contributed by atoms with Crippen LogP contribution < -0.4 is 5.32 Å². The molecule has 0 radical (unpaired) electrons. The number of nitro benzene ring substituents is 1. The highest BCUT2D eigenvalue weighted by Gasteiger charge is 2.35. The zero-order valence-corrected chi connectivity index (χ0v) is 17.2. The lowest BCUT2D eigenvalue weighted by Crippen LogP contribution is -2.41. The summed E-state index contributed by atoms with van der Waals surface area (Å²) in [6.07, 6.45) is 0.699. The van der Waals surface area contributed by atoms with E-state index in [2.05, 4.69) is 10.5 Å². The van der Waals surface area contributed by atoms with Gasteiger partial charge < -0.3 is 9.84 Å². The maximum atomic E-state index is 12.9. The minimum atomic E-state index is -3.74. The number of hydrogen-bond acceptors (Lipinski definition) is 7. The lowest BCUT2D eigenvalue weighted by atomic mass is 9.97. The molecule has 1 aliphatic rings. The Morgan fingerprint density at radius 3 is 2.48 bits per heavy atom. The van der Waals surface area contributed by atoms with E-state index in [1.54, 1.807) is 26.8 Å². The molecule has 156 valence electrons. The van der Waals surface area contributed by atoms with E-state index in [1.165, 1.54) is 16.4 Å². The molecule has 0 bridgehead atoms. The molecule has 1 aliphatic heterocycles. The maximum absolute atomic E-state index is 12.9. The number of sulfonamides is 1. The largest absolute Gasteiger partial charge is 0.360 e. The molecule has 1 fully saturated rings. The molecule has 10 nitrogen and oxygen atoms in total. The minimum absolute atomic E-state index is 0.0765. The number of amides is 1. The third-order valence-electron chi connectivity index (χ3n) is 5.08. The number of piperidine rings is 1. The molecule has 2 aromatic rings. The van der Waals surface area contributed by atoms with Crippen molar-refractivity contribution in [2.24, 2.45) is 5.92 Å². The van der Waals surface area contributed by atoms with E-state index in [9.17, 15) is 23.3 Å². The van der Waals surface area contributed by atoms with Crippen LogP contribution in [0.25, 0.3) is 0 Å². The average Bonchev–Trinajstić information content (AvgIpc) is 3.02. The lowest BCUT2D eigenvalue weighted by molar-refractivity contribution is -0.384. The van der Waals surface area contributed by atoms with E-state index in [1.807, 2.05) is 0 Å². The predicted octanol–water partition coefficient (Wildman–Crippen LogP) is 2.55. The van der Waals surface area contributed by atoms with E-state index >= 15 is 0 Å². The number of non-ortho nitro benzene ring substituents is 1. The number of nitrogens with one attached hydrogen (secondary N) is 1. The maximum Gasteiger partial charge on any atom is 0.271 e. The van der Waals surface area contributed by atoms with Gasteiger partial charge in [-0.1, -0.05) is 11.2 Å². The Morgan fingerprint density at radius 1 is 1.28 bits per heavy atom. The van der Waals surface area contributed by atoms with Crippen LogP contribution in [0.4, 0.5) is 11.4 Å². The molecule has 1 aromatic heterocycles. The van der Waals surface area contributed by atoms with E-state index in [0.717, 1.165) is 0 Å². The van der Waals surface area contributed by atoms with E-state index < -0.39 is 14.9 Å². The lowest BCUT2D eigenvalue weighted by Gasteiger charge is -2.30. The molecular formula is C18H22N4O6S. The van der Waals surface area contributed by atoms with Crippen LogP contribution in [0, 0.1) is 36.8 Å². The molecule has 0 aliphatic carbocycles. The third kappa shape index (κ3) is 4.15. The smallest absolute Gasteiger partial charge is 0.271 e. The summed E-state index contributed by atoms with van der Waals surface area (Å²) >= 11 is 0. The summed E-state index contributed by atoms with van der Waals surface area (Å²) in [7, 11) is -3.74. The topological polar surface area (TPSA) is 136 Å². The molecule has 0 atom stereocenters. The van der Waals surface area contributed by atoms with Gasteiger partial charge in [0, 0.05) is 31.1 Å². The highest BCUT2D eigenvalue weighted by Crippen LogP contribution is 2.29. The number of anilines is 1. The van der Waals surface area contributed by atoms with Crippen molar-refractivity contribution in [3.05, 3.63) is 45.3 Å². The zero-order chi connectivity index (χ0) is 21.3. The first-order chi connectivity index (χ1) is 13.6. The molecule has 1 N–H and O–H groups in total. The van der Waals surface area contributed by atoms with Crippen LogP contribution in [-0.2, 0) is 14.8 Å². The summed E-state index contributed by atoms with van der Waals surface area (Å²) in [5.41, 5.74) is 1.30. The summed E-state index contributed by atoms with van der Waals surface area (Å²) < 4.78 is 32.0. The third-order valence-corrected chi connectivity index (χ3v) is 7.22. The van der Waals surface area contributed by atoms with Gasteiger partial charge >= 0.3 is 0 Å². The molecule has 11 heteroatoms. The second-order valence-corrected chi connectivity index (χ2v) is 8.95. The number of aromatic nitrogens is 1. The Hall–Kier alpha value is -2.79. The Bertz CT molecular complexity index is 1030. The molecule has 1 aromatic carbocycles. The first-order valence-corrected chi connectivity index (χ1v) is 10.5. The molecule has 0 saturated carbocycles. The molecular weight excluding hydrogens is 400 g/mol. The molecule has 1 amide bonds. The molecule has 0 unspecified atom stereocenters. The van der Waals surface area contributed by atoms with Crippen LogP contribution in [0.15, 0.2) is 27.6 Å². The first-order valence-electron chi connectivity index (χ1n) is 9.10. The second-order valence-electron chi connectivity index (χ2n) is 7.08. The molecule has 0 spiro atoms. The minimum Gasteiger partial charge on any atom is -0.360 e. The van der Waals surface area contributed by atoms with Crippen molar-refractivity contribution >= 4 is 27.3 Å². The molecule has 3 rings (SSSR count). The van der Waals surface area contributed by atoms with Crippen LogP contribution in [0.2, 0.25) is 0 Å². The molecule has 2 heterocycles. The van der Waals surface area contributed by atoms with E-state index in [-0.39, 0.29) is 41.3 Å². The number of nitrogens with zero attached hydrogens (tertiary/aromatic N) is 3. The van der Waals surface area contributed by atoms with Crippen molar-refractivity contribution in [1.82, 2.24) is 9.46 Å². The van der Waals surface area contributed by atoms with Gasteiger partial charge in [-0.25, -0.2) is 8.42 Å². The molecule has 1 saturated heterocycles. The Labute approximate surface area is 168 Å². The number of carbonyl (C=O) groups excluding carboxylic acids is 1. The van der Waals surface area contributed by atoms with Crippen molar-refractivity contribution in [3.63, 3.8) is 0 Å². The van der Waals surface area contributed by atoms with Crippen LogP contribution >= 0.6 is 0 Å². The van der Waals surface area contributed by atoms with Crippen LogP contribution in [0.1, 0.15) is 29.9 Å². The van der Waals surface area contributed by atoms with Crippen LogP contribution in [-0.4, -0.2) is 41.8 Å². The zero-order valence-electron chi connectivity index (χ0n) is 16.3. The number of aryl methyl sites for hydroxylation is 3. The van der Waals surface area contributed by atoms with Crippen molar-refractivity contribution in [3.8, 4) is 0 Å². The van der Waals surface area contributed by atoms with Gasteiger partial charge in [-0.2, -0.15) is 4.31 Å². The summed E-state index contributed by atoms with van der Waals surface area (Å²) in [6, 6.07) is 4.28.